The first-order valence-electron chi connectivity index (χ1n) is 11.1. The van der Waals surface area contributed by atoms with E-state index in [4.69, 9.17) is 4.74 Å². The Labute approximate surface area is 189 Å². The van der Waals surface area contributed by atoms with Crippen LogP contribution in [0.1, 0.15) is 37.8 Å². The van der Waals surface area contributed by atoms with Crippen LogP contribution < -0.4 is 15.2 Å². The number of aryl methyl sites for hydroxylation is 2. The van der Waals surface area contributed by atoms with Crippen LogP contribution in [-0.2, 0) is 14.3 Å². The summed E-state index contributed by atoms with van der Waals surface area (Å²) in [6.07, 6.45) is 0.796. The smallest absolute Gasteiger partial charge is 0.271 e. The van der Waals surface area contributed by atoms with E-state index >= 15 is 0 Å². The van der Waals surface area contributed by atoms with Crippen LogP contribution >= 0.6 is 0 Å². The van der Waals surface area contributed by atoms with Crippen LogP contribution in [0.5, 0.6) is 0 Å². The van der Waals surface area contributed by atoms with Crippen LogP contribution in [0.25, 0.3) is 0 Å². The third-order valence-corrected chi connectivity index (χ3v) is 5.80. The molecule has 7 heteroatoms. The first-order valence-corrected chi connectivity index (χ1v) is 11.1. The van der Waals surface area contributed by atoms with Gasteiger partial charge >= 0.3 is 0 Å². The van der Waals surface area contributed by atoms with Crippen molar-refractivity contribution in [3.8, 4) is 0 Å². The van der Waals surface area contributed by atoms with Crippen molar-refractivity contribution in [1.29, 1.82) is 0 Å². The van der Waals surface area contributed by atoms with E-state index in [1.54, 1.807) is 0 Å². The Bertz CT molecular complexity index is 1050. The summed E-state index contributed by atoms with van der Waals surface area (Å²) in [5, 5.41) is 8.86. The number of hydrazone groups is 1. The van der Waals surface area contributed by atoms with Gasteiger partial charge in [0.1, 0.15) is 5.71 Å². The lowest BCUT2D eigenvalue weighted by Crippen LogP contribution is -2.45. The van der Waals surface area contributed by atoms with Crippen molar-refractivity contribution in [3.05, 3.63) is 53.6 Å². The predicted octanol–water partition coefficient (Wildman–Crippen LogP) is 4.04. The van der Waals surface area contributed by atoms with Crippen molar-refractivity contribution in [3.63, 3.8) is 0 Å². The zero-order valence-electron chi connectivity index (χ0n) is 19.1. The normalized spacial score (nSPS) is 21.4. The first kappa shape index (κ1) is 22.0. The standard InChI is InChI=1S/C25H30N4O3/c1-16-9-10-17(2)23(13-16)29-24(30)12-11-21(27-29)25(31)26-20-7-5-6-8-22(20)28-14-18(3)32-19(4)15-28/h5-10,13,18-19H,11-12,14-15H2,1-4H3,(H,26,31). The average Bonchev–Trinajstić information content (AvgIpc) is 2.75. The summed E-state index contributed by atoms with van der Waals surface area (Å²) in [7, 11) is 0. The van der Waals surface area contributed by atoms with Gasteiger partial charge in [0.15, 0.2) is 0 Å². The molecule has 7 nitrogen and oxygen atoms in total. The molecule has 4 rings (SSSR count). The lowest BCUT2D eigenvalue weighted by atomic mass is 10.1. The second-order valence-electron chi connectivity index (χ2n) is 8.68. The second-order valence-corrected chi connectivity index (χ2v) is 8.68. The molecule has 2 aliphatic heterocycles. The van der Waals surface area contributed by atoms with Gasteiger partial charge in [-0.3, -0.25) is 9.59 Å². The highest BCUT2D eigenvalue weighted by Gasteiger charge is 2.28. The molecular formula is C25H30N4O3. The molecule has 2 unspecified atom stereocenters. The topological polar surface area (TPSA) is 74.2 Å². The van der Waals surface area contributed by atoms with E-state index in [1.807, 2.05) is 56.3 Å². The molecule has 2 aliphatic rings. The molecule has 168 valence electrons. The summed E-state index contributed by atoms with van der Waals surface area (Å²) in [6.45, 7) is 9.53. The number of benzene rings is 2. The molecular weight excluding hydrogens is 404 g/mol. The maximum atomic E-state index is 13.1. The minimum atomic E-state index is -0.283. The van der Waals surface area contributed by atoms with Crippen molar-refractivity contribution in [2.75, 3.05) is 28.3 Å². The Morgan fingerprint density at radius 1 is 1.03 bits per heavy atom. The van der Waals surface area contributed by atoms with Crippen LogP contribution in [0, 0.1) is 13.8 Å². The van der Waals surface area contributed by atoms with Gasteiger partial charge in [0.05, 0.1) is 29.3 Å². The van der Waals surface area contributed by atoms with Crippen LogP contribution in [0.2, 0.25) is 0 Å². The highest BCUT2D eigenvalue weighted by Crippen LogP contribution is 2.29. The molecule has 0 saturated carbocycles. The van der Waals surface area contributed by atoms with Crippen molar-refractivity contribution in [1.82, 2.24) is 0 Å². The van der Waals surface area contributed by atoms with Crippen LogP contribution in [0.4, 0.5) is 17.1 Å². The summed E-state index contributed by atoms with van der Waals surface area (Å²) < 4.78 is 5.85. The van der Waals surface area contributed by atoms with Crippen molar-refractivity contribution in [2.45, 2.75) is 52.7 Å². The number of nitrogens with one attached hydrogen (secondary N) is 1. The van der Waals surface area contributed by atoms with Crippen LogP contribution in [0.3, 0.4) is 0 Å². The summed E-state index contributed by atoms with van der Waals surface area (Å²) in [6, 6.07) is 13.7. The summed E-state index contributed by atoms with van der Waals surface area (Å²) in [5.74, 6) is -0.387. The molecule has 0 aromatic heterocycles. The van der Waals surface area contributed by atoms with Crippen molar-refractivity contribution in [2.24, 2.45) is 5.10 Å². The highest BCUT2D eigenvalue weighted by atomic mass is 16.5. The lowest BCUT2D eigenvalue weighted by molar-refractivity contribution is -0.118. The van der Waals surface area contributed by atoms with Gasteiger partial charge in [0.2, 0.25) is 5.91 Å². The Balaban J connectivity index is 1.58. The predicted molar refractivity (Wildman–Crippen MR) is 127 cm³/mol. The van der Waals surface area contributed by atoms with E-state index in [2.05, 4.69) is 29.2 Å². The van der Waals surface area contributed by atoms with Gasteiger partial charge < -0.3 is 15.0 Å². The third kappa shape index (κ3) is 4.67. The minimum absolute atomic E-state index is 0.105. The summed E-state index contributed by atoms with van der Waals surface area (Å²) in [4.78, 5) is 28.0. The molecule has 32 heavy (non-hydrogen) atoms. The number of para-hydroxylation sites is 2. The molecule has 0 spiro atoms. The number of hydrogen-bond acceptors (Lipinski definition) is 5. The Morgan fingerprint density at radius 3 is 2.50 bits per heavy atom. The Hall–Kier alpha value is -3.19. The van der Waals surface area contributed by atoms with Gasteiger partial charge in [-0.2, -0.15) is 5.10 Å². The number of carbonyl (C=O) groups is 2. The number of morpholine rings is 1. The van der Waals surface area contributed by atoms with Gasteiger partial charge in [-0.1, -0.05) is 24.3 Å². The molecule has 0 bridgehead atoms. The SMILES string of the molecule is Cc1ccc(C)c(N2N=C(C(=O)Nc3ccccc3N3CC(C)OC(C)C3)CCC2=O)c1. The fourth-order valence-electron chi connectivity index (χ4n) is 4.28. The van der Waals surface area contributed by atoms with Crippen molar-refractivity contribution < 1.29 is 14.3 Å². The zero-order chi connectivity index (χ0) is 22.8. The largest absolute Gasteiger partial charge is 0.372 e. The number of ether oxygens (including phenoxy) is 1. The van der Waals surface area contributed by atoms with Crippen LogP contribution in [-0.4, -0.2) is 42.8 Å². The molecule has 1 saturated heterocycles. The molecule has 1 fully saturated rings. The van der Waals surface area contributed by atoms with Gasteiger partial charge in [-0.25, -0.2) is 5.01 Å². The number of anilines is 3. The summed E-state index contributed by atoms with van der Waals surface area (Å²) in [5.41, 5.74) is 4.74. The maximum Gasteiger partial charge on any atom is 0.271 e. The molecule has 0 radical (unpaired) electrons. The molecule has 0 aliphatic carbocycles. The molecule has 2 aromatic rings. The van der Waals surface area contributed by atoms with E-state index in [0.29, 0.717) is 12.1 Å². The van der Waals surface area contributed by atoms with E-state index in [0.717, 1.165) is 41.3 Å². The Kier molecular flexibility index (Phi) is 6.28. The molecule has 2 atom stereocenters. The van der Waals surface area contributed by atoms with Crippen LogP contribution in [0.15, 0.2) is 47.6 Å². The van der Waals surface area contributed by atoms with E-state index in [9.17, 15) is 9.59 Å². The zero-order valence-corrected chi connectivity index (χ0v) is 19.1. The van der Waals surface area contributed by atoms with Gasteiger partial charge in [-0.05, 0) is 57.0 Å². The number of amides is 2. The minimum Gasteiger partial charge on any atom is -0.372 e. The Morgan fingerprint density at radius 2 is 1.75 bits per heavy atom. The maximum absolute atomic E-state index is 13.1. The molecule has 2 amide bonds. The number of hydrogen-bond donors (Lipinski definition) is 1. The van der Waals surface area contributed by atoms with Crippen molar-refractivity contribution >= 4 is 34.6 Å². The summed E-state index contributed by atoms with van der Waals surface area (Å²) >= 11 is 0. The van der Waals surface area contributed by atoms with E-state index in [-0.39, 0.29) is 30.4 Å². The fraction of sp³-hybridized carbons (Fsp3) is 0.400. The third-order valence-electron chi connectivity index (χ3n) is 5.80. The fourth-order valence-corrected chi connectivity index (χ4v) is 4.28. The molecule has 2 aromatic carbocycles. The average molecular weight is 435 g/mol. The van der Waals surface area contributed by atoms with E-state index in [1.165, 1.54) is 5.01 Å². The highest BCUT2D eigenvalue weighted by molar-refractivity contribution is 6.44. The van der Waals surface area contributed by atoms with Gasteiger partial charge in [0, 0.05) is 25.9 Å². The number of nitrogens with zero attached hydrogens (tertiary/aromatic N) is 3. The molecule has 2 heterocycles. The quantitative estimate of drug-likeness (QED) is 0.788. The lowest BCUT2D eigenvalue weighted by Gasteiger charge is -2.37. The molecule has 1 N–H and O–H groups in total. The monoisotopic (exact) mass is 434 g/mol. The first-order chi connectivity index (χ1) is 15.3. The van der Waals surface area contributed by atoms with E-state index < -0.39 is 0 Å². The second kappa shape index (κ2) is 9.12. The number of carbonyl (C=O) groups excluding carboxylic acids is 2. The van der Waals surface area contributed by atoms with Gasteiger partial charge in [-0.15, -0.1) is 0 Å². The number of rotatable bonds is 4. The van der Waals surface area contributed by atoms with Gasteiger partial charge in [0.25, 0.3) is 5.91 Å².